The summed E-state index contributed by atoms with van der Waals surface area (Å²) < 4.78 is 0. The summed E-state index contributed by atoms with van der Waals surface area (Å²) in [6, 6.07) is 9.62. The molecule has 0 aromatic heterocycles. The van der Waals surface area contributed by atoms with Gasteiger partial charge in [0.15, 0.2) is 5.78 Å². The Balaban J connectivity index is 2.45. The first kappa shape index (κ1) is 14.3. The number of aromatic hydroxyl groups is 1. The highest BCUT2D eigenvalue weighted by atomic mass is 16.3. The standard InChI is InChI=1S/C18H20O2/c1-11-12(2)14(4)18(20)17(13(11)3)16(19)10-15-8-6-5-7-9-15/h5-9,20H,10H2,1-4H3. The van der Waals surface area contributed by atoms with Gasteiger partial charge < -0.3 is 5.11 Å². The number of hydrogen-bond donors (Lipinski definition) is 1. The molecule has 0 saturated carbocycles. The zero-order chi connectivity index (χ0) is 14.9. The van der Waals surface area contributed by atoms with Crippen molar-refractivity contribution in [2.45, 2.75) is 34.1 Å². The fourth-order valence-corrected chi connectivity index (χ4v) is 2.50. The van der Waals surface area contributed by atoms with Crippen molar-refractivity contribution in [3.05, 3.63) is 63.7 Å². The molecule has 2 rings (SSSR count). The van der Waals surface area contributed by atoms with Gasteiger partial charge in [0, 0.05) is 6.42 Å². The summed E-state index contributed by atoms with van der Waals surface area (Å²) in [5, 5.41) is 10.3. The molecule has 1 N–H and O–H groups in total. The van der Waals surface area contributed by atoms with E-state index in [2.05, 4.69) is 0 Å². The molecule has 0 aliphatic carbocycles. The first-order valence-corrected chi connectivity index (χ1v) is 6.80. The van der Waals surface area contributed by atoms with Crippen molar-refractivity contribution in [3.8, 4) is 5.75 Å². The van der Waals surface area contributed by atoms with Gasteiger partial charge in [0.2, 0.25) is 0 Å². The molecule has 104 valence electrons. The normalized spacial score (nSPS) is 10.6. The third kappa shape index (κ3) is 2.46. The number of benzene rings is 2. The molecular weight excluding hydrogens is 248 g/mol. The Hall–Kier alpha value is -2.09. The number of Topliss-reactive ketones (excluding diaryl/α,β-unsaturated/α-hetero) is 1. The summed E-state index contributed by atoms with van der Waals surface area (Å²) in [5.41, 5.74) is 5.24. The van der Waals surface area contributed by atoms with Crippen molar-refractivity contribution < 1.29 is 9.90 Å². The van der Waals surface area contributed by atoms with E-state index in [1.807, 2.05) is 58.0 Å². The Morgan fingerprint density at radius 1 is 0.900 bits per heavy atom. The largest absolute Gasteiger partial charge is 0.507 e. The van der Waals surface area contributed by atoms with E-state index in [-0.39, 0.29) is 11.5 Å². The Labute approximate surface area is 120 Å². The molecule has 0 bridgehead atoms. The average Bonchev–Trinajstić information content (AvgIpc) is 2.44. The third-order valence-corrected chi connectivity index (χ3v) is 4.14. The minimum atomic E-state index is -0.0302. The fourth-order valence-electron chi connectivity index (χ4n) is 2.50. The minimum Gasteiger partial charge on any atom is -0.507 e. The van der Waals surface area contributed by atoms with Crippen molar-refractivity contribution >= 4 is 5.78 Å². The summed E-state index contributed by atoms with van der Waals surface area (Å²) in [4.78, 5) is 12.5. The number of phenolic OH excluding ortho intramolecular Hbond substituents is 1. The Morgan fingerprint density at radius 2 is 1.45 bits per heavy atom. The van der Waals surface area contributed by atoms with Gasteiger partial charge in [-0.15, -0.1) is 0 Å². The minimum absolute atomic E-state index is 0.0302. The Morgan fingerprint density at radius 3 is 2.05 bits per heavy atom. The van der Waals surface area contributed by atoms with Crippen molar-refractivity contribution in [1.29, 1.82) is 0 Å². The van der Waals surface area contributed by atoms with E-state index < -0.39 is 0 Å². The molecule has 0 heterocycles. The Bertz CT molecular complexity index is 626. The van der Waals surface area contributed by atoms with Crippen LogP contribution in [-0.2, 0) is 6.42 Å². The van der Waals surface area contributed by atoms with E-state index in [9.17, 15) is 9.90 Å². The molecule has 0 aliphatic rings. The highest BCUT2D eigenvalue weighted by molar-refractivity contribution is 6.02. The van der Waals surface area contributed by atoms with Crippen LogP contribution in [0.2, 0.25) is 0 Å². The van der Waals surface area contributed by atoms with Gasteiger partial charge >= 0.3 is 0 Å². The molecule has 2 aromatic carbocycles. The number of hydrogen-bond acceptors (Lipinski definition) is 2. The van der Waals surface area contributed by atoms with E-state index in [1.165, 1.54) is 0 Å². The molecule has 2 heteroatoms. The first-order chi connectivity index (χ1) is 9.43. The molecule has 0 saturated heterocycles. The average molecular weight is 268 g/mol. The molecule has 0 unspecified atom stereocenters. The molecule has 0 atom stereocenters. The van der Waals surface area contributed by atoms with Crippen LogP contribution in [0.3, 0.4) is 0 Å². The second-order valence-corrected chi connectivity index (χ2v) is 5.31. The number of carbonyl (C=O) groups excluding carboxylic acids is 1. The number of carbonyl (C=O) groups is 1. The zero-order valence-electron chi connectivity index (χ0n) is 12.4. The molecule has 2 aromatic rings. The molecule has 0 radical (unpaired) electrons. The summed E-state index contributed by atoms with van der Waals surface area (Å²) in [6.07, 6.45) is 0.317. The predicted molar refractivity (Wildman–Crippen MR) is 81.5 cm³/mol. The molecular formula is C18H20O2. The van der Waals surface area contributed by atoms with Crippen molar-refractivity contribution in [2.75, 3.05) is 0 Å². The van der Waals surface area contributed by atoms with Gasteiger partial charge in [0.1, 0.15) is 5.75 Å². The maximum absolute atomic E-state index is 12.5. The number of ketones is 1. The van der Waals surface area contributed by atoms with E-state index >= 15 is 0 Å². The molecule has 0 amide bonds. The van der Waals surface area contributed by atoms with Crippen molar-refractivity contribution in [2.24, 2.45) is 0 Å². The molecule has 20 heavy (non-hydrogen) atoms. The van der Waals surface area contributed by atoms with Crippen LogP contribution in [0.5, 0.6) is 5.75 Å². The van der Waals surface area contributed by atoms with Crippen LogP contribution in [0.1, 0.15) is 38.2 Å². The molecule has 2 nitrogen and oxygen atoms in total. The monoisotopic (exact) mass is 268 g/mol. The van der Waals surface area contributed by atoms with Crippen molar-refractivity contribution in [1.82, 2.24) is 0 Å². The summed E-state index contributed by atoms with van der Waals surface area (Å²) in [5.74, 6) is 0.101. The lowest BCUT2D eigenvalue weighted by Gasteiger charge is -2.16. The van der Waals surface area contributed by atoms with Crippen LogP contribution in [-0.4, -0.2) is 10.9 Å². The SMILES string of the molecule is Cc1c(C)c(C)c(C(=O)Cc2ccccc2)c(O)c1C. The molecule has 0 aliphatic heterocycles. The van der Waals surface area contributed by atoms with Crippen LogP contribution < -0.4 is 0 Å². The second-order valence-electron chi connectivity index (χ2n) is 5.31. The van der Waals surface area contributed by atoms with Crippen LogP contribution in [0.25, 0.3) is 0 Å². The lowest BCUT2D eigenvalue weighted by molar-refractivity contribution is 0.0989. The molecule has 0 fully saturated rings. The van der Waals surface area contributed by atoms with Gasteiger partial charge in [-0.25, -0.2) is 0 Å². The van der Waals surface area contributed by atoms with Gasteiger partial charge in [0.25, 0.3) is 0 Å². The van der Waals surface area contributed by atoms with Crippen LogP contribution in [0.4, 0.5) is 0 Å². The summed E-state index contributed by atoms with van der Waals surface area (Å²) >= 11 is 0. The van der Waals surface area contributed by atoms with E-state index in [1.54, 1.807) is 0 Å². The lowest BCUT2D eigenvalue weighted by Crippen LogP contribution is -2.09. The number of phenols is 1. The van der Waals surface area contributed by atoms with E-state index in [4.69, 9.17) is 0 Å². The highest BCUT2D eigenvalue weighted by Gasteiger charge is 2.20. The lowest BCUT2D eigenvalue weighted by atomic mass is 9.89. The predicted octanol–water partition coefficient (Wildman–Crippen LogP) is 4.05. The maximum atomic E-state index is 12.5. The summed E-state index contributed by atoms with van der Waals surface area (Å²) in [6.45, 7) is 7.73. The molecule has 0 spiro atoms. The van der Waals surface area contributed by atoms with Gasteiger partial charge in [0.05, 0.1) is 5.56 Å². The first-order valence-electron chi connectivity index (χ1n) is 6.80. The van der Waals surface area contributed by atoms with Gasteiger partial charge in [-0.3, -0.25) is 4.79 Å². The van der Waals surface area contributed by atoms with Crippen molar-refractivity contribution in [3.63, 3.8) is 0 Å². The quantitative estimate of drug-likeness (QED) is 0.853. The smallest absolute Gasteiger partial charge is 0.171 e. The zero-order valence-corrected chi connectivity index (χ0v) is 12.4. The van der Waals surface area contributed by atoms with Gasteiger partial charge in [-0.05, 0) is 55.5 Å². The van der Waals surface area contributed by atoms with E-state index in [0.29, 0.717) is 12.0 Å². The highest BCUT2D eigenvalue weighted by Crippen LogP contribution is 2.32. The van der Waals surface area contributed by atoms with Crippen LogP contribution in [0.15, 0.2) is 30.3 Å². The maximum Gasteiger partial charge on any atom is 0.171 e. The Kier molecular flexibility index (Phi) is 3.93. The topological polar surface area (TPSA) is 37.3 Å². The van der Waals surface area contributed by atoms with E-state index in [0.717, 1.165) is 27.8 Å². The number of rotatable bonds is 3. The summed E-state index contributed by atoms with van der Waals surface area (Å²) in [7, 11) is 0. The fraction of sp³-hybridized carbons (Fsp3) is 0.278. The third-order valence-electron chi connectivity index (χ3n) is 4.14. The van der Waals surface area contributed by atoms with Gasteiger partial charge in [-0.1, -0.05) is 30.3 Å². The van der Waals surface area contributed by atoms with Crippen LogP contribution in [0, 0.1) is 27.7 Å². The second kappa shape index (κ2) is 5.49. The van der Waals surface area contributed by atoms with Gasteiger partial charge in [-0.2, -0.15) is 0 Å². The van der Waals surface area contributed by atoms with Crippen LogP contribution >= 0.6 is 0 Å².